The number of ether oxygens (including phenoxy) is 6. The summed E-state index contributed by atoms with van der Waals surface area (Å²) < 4.78 is 29.2. The maximum atomic E-state index is 9.72. The minimum Gasteiger partial charge on any atom is -0.481 e. The molecule has 2 unspecified atom stereocenters. The predicted octanol–water partition coefficient (Wildman–Crippen LogP) is 2.34. The van der Waals surface area contributed by atoms with Crippen LogP contribution in [0.2, 0.25) is 0 Å². The predicted molar refractivity (Wildman–Crippen MR) is 140 cm³/mol. The van der Waals surface area contributed by atoms with Crippen LogP contribution in [-0.4, -0.2) is 78.0 Å². The molecule has 4 N–H and O–H groups in total. The summed E-state index contributed by atoms with van der Waals surface area (Å²) in [5.74, 6) is 1.28. The van der Waals surface area contributed by atoms with Crippen molar-refractivity contribution < 1.29 is 38.9 Å². The van der Waals surface area contributed by atoms with Crippen molar-refractivity contribution in [2.75, 3.05) is 49.2 Å². The maximum absolute atomic E-state index is 9.72. The molecule has 0 saturated heterocycles. The third-order valence-electron chi connectivity index (χ3n) is 5.34. The summed E-state index contributed by atoms with van der Waals surface area (Å²) in [6.45, 7) is 4.87. The van der Waals surface area contributed by atoms with E-state index in [2.05, 4.69) is 44.3 Å². The maximum Gasteiger partial charge on any atom is 0.214 e. The largest absolute Gasteiger partial charge is 0.481 e. The first kappa shape index (κ1) is 34.3. The summed E-state index contributed by atoms with van der Waals surface area (Å²) >= 11 is 0. The molecule has 0 saturated carbocycles. The van der Waals surface area contributed by atoms with Crippen molar-refractivity contribution >= 4 is 6.29 Å². The highest BCUT2D eigenvalue weighted by Crippen LogP contribution is 2.18. The highest BCUT2D eigenvalue weighted by atomic mass is 16.7. The number of aldehydes is 1. The van der Waals surface area contributed by atoms with E-state index >= 15 is 0 Å². The zero-order valence-electron chi connectivity index (χ0n) is 23.4. The van der Waals surface area contributed by atoms with Crippen LogP contribution < -0.4 is 20.5 Å². The number of quaternary nitrogens is 1. The van der Waals surface area contributed by atoms with Crippen molar-refractivity contribution in [3.63, 3.8) is 0 Å². The van der Waals surface area contributed by atoms with Crippen LogP contribution in [0.15, 0.2) is 36.7 Å². The van der Waals surface area contributed by atoms with Gasteiger partial charge in [-0.3, -0.25) is 4.79 Å². The molecular formula is C26H45N4O7+. The Hall–Kier alpha value is -2.67. The van der Waals surface area contributed by atoms with Gasteiger partial charge < -0.3 is 39.5 Å². The van der Waals surface area contributed by atoms with Gasteiger partial charge in [-0.25, -0.2) is 9.97 Å². The molecule has 0 amide bonds. The minimum atomic E-state index is -0.694. The molecule has 0 aromatic carbocycles. The van der Waals surface area contributed by atoms with Gasteiger partial charge in [-0.2, -0.15) is 0 Å². The van der Waals surface area contributed by atoms with Crippen molar-refractivity contribution in [3.05, 3.63) is 47.8 Å². The number of nitrogens with one attached hydrogen (secondary N) is 1. The molecule has 0 fully saturated rings. The SMILES string of the molecule is CCC(NCC(OC)OC)c1ccc(OC)nc1.CCC([NH3+])c1ccc(OC)nc1.COC(C=O)OC. The van der Waals surface area contributed by atoms with Crippen molar-refractivity contribution in [1.82, 2.24) is 15.3 Å². The normalized spacial score (nSPS) is 12.1. The van der Waals surface area contributed by atoms with Gasteiger partial charge in [-0.05, 0) is 18.1 Å². The lowest BCUT2D eigenvalue weighted by molar-refractivity contribution is -0.427. The molecule has 0 radical (unpaired) electrons. The summed E-state index contributed by atoms with van der Waals surface area (Å²) in [6, 6.07) is 8.32. The Morgan fingerprint density at radius 2 is 1.32 bits per heavy atom. The van der Waals surface area contributed by atoms with E-state index in [1.54, 1.807) is 28.4 Å². The number of nitrogens with zero attached hydrogens (tertiary/aromatic N) is 2. The zero-order chi connectivity index (χ0) is 28.1. The Morgan fingerprint density at radius 3 is 1.62 bits per heavy atom. The molecule has 11 nitrogen and oxygen atoms in total. The van der Waals surface area contributed by atoms with Crippen molar-refractivity contribution in [2.24, 2.45) is 0 Å². The van der Waals surface area contributed by atoms with E-state index in [0.29, 0.717) is 30.6 Å². The third kappa shape index (κ3) is 14.0. The smallest absolute Gasteiger partial charge is 0.214 e. The lowest BCUT2D eigenvalue weighted by atomic mass is 10.1. The van der Waals surface area contributed by atoms with Crippen LogP contribution >= 0.6 is 0 Å². The number of hydrogen-bond acceptors (Lipinski definition) is 10. The molecule has 2 rings (SSSR count). The van der Waals surface area contributed by atoms with E-state index in [9.17, 15) is 4.79 Å². The Labute approximate surface area is 221 Å². The second kappa shape index (κ2) is 21.4. The number of carbonyl (C=O) groups excluding carboxylic acids is 1. The average Bonchev–Trinajstić information content (AvgIpc) is 2.97. The van der Waals surface area contributed by atoms with Crippen LogP contribution in [0.4, 0.5) is 0 Å². The fourth-order valence-electron chi connectivity index (χ4n) is 2.91. The molecule has 0 bridgehead atoms. The lowest BCUT2D eigenvalue weighted by Crippen LogP contribution is -2.53. The summed E-state index contributed by atoms with van der Waals surface area (Å²) in [5, 5.41) is 3.39. The molecule has 0 aliphatic heterocycles. The number of aromatic nitrogens is 2. The van der Waals surface area contributed by atoms with Gasteiger partial charge in [0.25, 0.3) is 0 Å². The summed E-state index contributed by atoms with van der Waals surface area (Å²) in [6.07, 6.45) is 5.31. The summed E-state index contributed by atoms with van der Waals surface area (Å²) in [5.41, 5.74) is 6.30. The molecular weight excluding hydrogens is 480 g/mol. The van der Waals surface area contributed by atoms with Crippen LogP contribution in [-0.2, 0) is 23.7 Å². The van der Waals surface area contributed by atoms with Crippen molar-refractivity contribution in [2.45, 2.75) is 51.4 Å². The van der Waals surface area contributed by atoms with Gasteiger partial charge >= 0.3 is 0 Å². The molecule has 2 aromatic rings. The molecule has 0 aliphatic carbocycles. The van der Waals surface area contributed by atoms with Gasteiger partial charge in [0.05, 0.1) is 14.2 Å². The van der Waals surface area contributed by atoms with Crippen LogP contribution in [0, 0.1) is 0 Å². The first-order valence-electron chi connectivity index (χ1n) is 12.0. The topological polar surface area (TPSA) is 138 Å². The van der Waals surface area contributed by atoms with E-state index < -0.39 is 6.29 Å². The van der Waals surface area contributed by atoms with Gasteiger partial charge in [-0.1, -0.05) is 19.9 Å². The van der Waals surface area contributed by atoms with E-state index in [0.717, 1.165) is 18.4 Å². The highest BCUT2D eigenvalue weighted by molar-refractivity contribution is 5.53. The standard InChI is InChI=1S/C13H22N2O3.C9H14N2O.C4H8O3/c1-5-11(14-9-13(17-3)18-4)10-6-7-12(16-2)15-8-10;1-3-8(10)7-4-5-9(12-2)11-6-7;1-6-4(3-5)7-2/h6-8,11,13-14H,5,9H2,1-4H3;4-6,8H,3,10H2,1-2H3;3-4H,1-2H3/p+1. The Bertz CT molecular complexity index is 802. The van der Waals surface area contributed by atoms with E-state index in [1.807, 2.05) is 36.7 Å². The fraction of sp³-hybridized carbons (Fsp3) is 0.577. The number of methoxy groups -OCH3 is 6. The van der Waals surface area contributed by atoms with E-state index in [1.165, 1.54) is 19.8 Å². The zero-order valence-corrected chi connectivity index (χ0v) is 23.4. The van der Waals surface area contributed by atoms with Gasteiger partial charge in [-0.15, -0.1) is 0 Å². The van der Waals surface area contributed by atoms with E-state index in [-0.39, 0.29) is 12.3 Å². The summed E-state index contributed by atoms with van der Waals surface area (Å²) in [7, 11) is 9.30. The fourth-order valence-corrected chi connectivity index (χ4v) is 2.91. The van der Waals surface area contributed by atoms with Crippen molar-refractivity contribution in [1.29, 1.82) is 0 Å². The Morgan fingerprint density at radius 1 is 0.811 bits per heavy atom. The molecule has 0 aliphatic rings. The van der Waals surface area contributed by atoms with Gasteiger partial charge in [0.15, 0.2) is 12.6 Å². The van der Waals surface area contributed by atoms with Crippen LogP contribution in [0.25, 0.3) is 0 Å². The average molecular weight is 526 g/mol. The van der Waals surface area contributed by atoms with Gasteiger partial charge in [0, 0.05) is 77.5 Å². The molecule has 210 valence electrons. The summed E-state index contributed by atoms with van der Waals surface area (Å²) in [4.78, 5) is 18.0. The van der Waals surface area contributed by atoms with Crippen molar-refractivity contribution in [3.8, 4) is 11.8 Å². The van der Waals surface area contributed by atoms with Gasteiger partial charge in [0.1, 0.15) is 6.04 Å². The Balaban J connectivity index is 0.000000586. The van der Waals surface area contributed by atoms with E-state index in [4.69, 9.17) is 18.9 Å². The third-order valence-corrected chi connectivity index (χ3v) is 5.34. The molecule has 2 heterocycles. The minimum absolute atomic E-state index is 0.231. The quantitative estimate of drug-likeness (QED) is 0.279. The number of carbonyl (C=O) groups is 1. The molecule has 37 heavy (non-hydrogen) atoms. The first-order valence-corrected chi connectivity index (χ1v) is 12.0. The first-order chi connectivity index (χ1) is 17.9. The number of hydrogen-bond donors (Lipinski definition) is 2. The Kier molecular flexibility index (Phi) is 19.9. The van der Waals surface area contributed by atoms with Crippen LogP contribution in [0.5, 0.6) is 11.8 Å². The lowest BCUT2D eigenvalue weighted by Gasteiger charge is -2.20. The second-order valence-corrected chi connectivity index (χ2v) is 7.62. The van der Waals surface area contributed by atoms with Crippen LogP contribution in [0.1, 0.15) is 49.9 Å². The number of pyridine rings is 2. The number of rotatable bonds is 14. The monoisotopic (exact) mass is 525 g/mol. The molecule has 2 aromatic heterocycles. The highest BCUT2D eigenvalue weighted by Gasteiger charge is 2.12. The molecule has 2 atom stereocenters. The van der Waals surface area contributed by atoms with Crippen LogP contribution in [0.3, 0.4) is 0 Å². The molecule has 0 spiro atoms. The molecule has 11 heteroatoms. The van der Waals surface area contributed by atoms with Gasteiger partial charge in [0.2, 0.25) is 18.1 Å². The second-order valence-electron chi connectivity index (χ2n) is 7.62.